The second kappa shape index (κ2) is 9.87. The van der Waals surface area contributed by atoms with Crippen molar-refractivity contribution in [1.29, 1.82) is 0 Å². The summed E-state index contributed by atoms with van der Waals surface area (Å²) in [5.41, 5.74) is 5.26. The fourth-order valence-corrected chi connectivity index (χ4v) is 4.99. The van der Waals surface area contributed by atoms with Gasteiger partial charge in [-0.2, -0.15) is 4.37 Å². The Bertz CT molecular complexity index is 1790. The second-order valence-corrected chi connectivity index (χ2v) is 9.56. The number of hydrogen-bond acceptors (Lipinski definition) is 6. The molecule has 0 aliphatic rings. The minimum Gasteiger partial charge on any atom is -0.478 e. The quantitative estimate of drug-likeness (QED) is 0.293. The number of carbonyl (C=O) groups excluding carboxylic acids is 1. The fraction of sp³-hybridized carbons (Fsp3) is 0.0690. The van der Waals surface area contributed by atoms with Crippen molar-refractivity contribution < 1.29 is 14.7 Å². The van der Waals surface area contributed by atoms with E-state index in [4.69, 9.17) is 5.11 Å². The summed E-state index contributed by atoms with van der Waals surface area (Å²) in [6, 6.07) is 26.5. The predicted molar refractivity (Wildman–Crippen MR) is 146 cm³/mol. The summed E-state index contributed by atoms with van der Waals surface area (Å²) in [6.45, 7) is 0.696. The van der Waals surface area contributed by atoms with Gasteiger partial charge in [-0.15, -0.1) is 5.10 Å². The van der Waals surface area contributed by atoms with Crippen LogP contribution in [0, 0.1) is 0 Å². The first kappa shape index (κ1) is 23.5. The number of nitrogens with one attached hydrogen (secondary N) is 1. The van der Waals surface area contributed by atoms with Gasteiger partial charge in [-0.1, -0.05) is 53.7 Å². The van der Waals surface area contributed by atoms with Gasteiger partial charge in [-0.3, -0.25) is 4.79 Å². The van der Waals surface area contributed by atoms with Crippen LogP contribution >= 0.6 is 11.5 Å². The zero-order chi connectivity index (χ0) is 26.1. The Kier molecular flexibility index (Phi) is 6.11. The van der Waals surface area contributed by atoms with Crippen LogP contribution in [0.4, 0.5) is 0 Å². The van der Waals surface area contributed by atoms with E-state index in [-0.39, 0.29) is 18.0 Å². The van der Waals surface area contributed by atoms with Gasteiger partial charge in [0.05, 0.1) is 23.4 Å². The summed E-state index contributed by atoms with van der Waals surface area (Å²) in [4.78, 5) is 24.6. The first-order valence-corrected chi connectivity index (χ1v) is 12.7. The molecule has 6 aromatic rings. The molecule has 0 aliphatic carbocycles. The normalized spacial score (nSPS) is 11.2. The van der Waals surface area contributed by atoms with Gasteiger partial charge in [0.1, 0.15) is 11.0 Å². The molecule has 0 bridgehead atoms. The molecule has 6 rings (SSSR count). The molecular weight excluding hydrogens is 498 g/mol. The molecule has 38 heavy (non-hydrogen) atoms. The maximum Gasteiger partial charge on any atom is 0.335 e. The van der Waals surface area contributed by atoms with Gasteiger partial charge in [0, 0.05) is 17.5 Å². The van der Waals surface area contributed by atoms with Gasteiger partial charge in [0.25, 0.3) is 5.91 Å². The standard InChI is InChI=1S/C29H21N5O3S/c35-28(30-16-18-5-9-21(10-6-18)29(36)37)24-14-23(25-11-12-38-32-25)15-26-27(24)34(33-31-26)17-19-7-8-20-3-1-2-4-22(20)13-19/h1-15H,16-17H2,(H,30,35)(H,36,37). The fourth-order valence-electron chi connectivity index (χ4n) is 4.46. The van der Waals surface area contributed by atoms with Gasteiger partial charge in [0.2, 0.25) is 0 Å². The molecule has 0 fully saturated rings. The van der Waals surface area contributed by atoms with Gasteiger partial charge in [0.15, 0.2) is 0 Å². The molecule has 0 saturated carbocycles. The number of carboxylic acids is 1. The molecule has 9 heteroatoms. The Balaban J connectivity index is 1.35. The SMILES string of the molecule is O=C(O)c1ccc(CNC(=O)c2cc(-c3ccsn3)cc3nnn(Cc4ccc5ccccc5c4)c23)cc1. The van der Waals surface area contributed by atoms with Crippen LogP contribution in [0.2, 0.25) is 0 Å². The van der Waals surface area contributed by atoms with E-state index < -0.39 is 5.97 Å². The molecule has 4 aromatic carbocycles. The topological polar surface area (TPSA) is 110 Å². The third kappa shape index (κ3) is 4.62. The first-order chi connectivity index (χ1) is 18.5. The van der Waals surface area contributed by atoms with E-state index in [1.165, 1.54) is 23.7 Å². The number of fused-ring (bicyclic) bond motifs is 2. The van der Waals surface area contributed by atoms with Crippen molar-refractivity contribution in [1.82, 2.24) is 24.7 Å². The summed E-state index contributed by atoms with van der Waals surface area (Å²) in [5, 5.41) is 25.0. The van der Waals surface area contributed by atoms with Crippen LogP contribution < -0.4 is 5.32 Å². The van der Waals surface area contributed by atoms with Crippen LogP contribution in [-0.4, -0.2) is 36.4 Å². The molecule has 0 aliphatic heterocycles. The van der Waals surface area contributed by atoms with E-state index >= 15 is 0 Å². The Morgan fingerprint density at radius 2 is 1.68 bits per heavy atom. The molecule has 2 aromatic heterocycles. The number of hydrogen-bond donors (Lipinski definition) is 2. The molecule has 8 nitrogen and oxygen atoms in total. The van der Waals surface area contributed by atoms with Crippen LogP contribution in [-0.2, 0) is 13.1 Å². The monoisotopic (exact) mass is 519 g/mol. The average Bonchev–Trinajstić information content (AvgIpc) is 3.62. The molecule has 0 radical (unpaired) electrons. The van der Waals surface area contributed by atoms with Gasteiger partial charge in [-0.05, 0) is 69.8 Å². The highest BCUT2D eigenvalue weighted by Gasteiger charge is 2.19. The Morgan fingerprint density at radius 1 is 0.895 bits per heavy atom. The van der Waals surface area contributed by atoms with E-state index in [9.17, 15) is 9.59 Å². The van der Waals surface area contributed by atoms with Crippen molar-refractivity contribution in [2.75, 3.05) is 0 Å². The average molecular weight is 520 g/mol. The third-order valence-corrected chi connectivity index (χ3v) is 6.95. The van der Waals surface area contributed by atoms with Crippen molar-refractivity contribution in [2.45, 2.75) is 13.1 Å². The lowest BCUT2D eigenvalue weighted by atomic mass is 10.0. The highest BCUT2D eigenvalue weighted by molar-refractivity contribution is 7.03. The molecule has 2 heterocycles. The van der Waals surface area contributed by atoms with Crippen molar-refractivity contribution in [3.63, 3.8) is 0 Å². The third-order valence-electron chi connectivity index (χ3n) is 6.39. The van der Waals surface area contributed by atoms with Crippen molar-refractivity contribution in [3.8, 4) is 11.3 Å². The van der Waals surface area contributed by atoms with E-state index in [0.29, 0.717) is 23.1 Å². The van der Waals surface area contributed by atoms with Gasteiger partial charge in [-0.25, -0.2) is 9.48 Å². The first-order valence-electron chi connectivity index (χ1n) is 11.9. The molecule has 0 saturated heterocycles. The molecule has 0 unspecified atom stereocenters. The molecule has 2 N–H and O–H groups in total. The highest BCUT2D eigenvalue weighted by Crippen LogP contribution is 2.28. The molecule has 0 spiro atoms. The summed E-state index contributed by atoms with van der Waals surface area (Å²) in [5.74, 6) is -1.27. The van der Waals surface area contributed by atoms with E-state index in [0.717, 1.165) is 33.2 Å². The second-order valence-electron chi connectivity index (χ2n) is 8.89. The van der Waals surface area contributed by atoms with E-state index in [1.54, 1.807) is 16.8 Å². The molecule has 186 valence electrons. The van der Waals surface area contributed by atoms with Crippen LogP contribution in [0.3, 0.4) is 0 Å². The van der Waals surface area contributed by atoms with Gasteiger partial charge < -0.3 is 10.4 Å². The Labute approximate surface area is 221 Å². The lowest BCUT2D eigenvalue weighted by molar-refractivity contribution is 0.0696. The number of carboxylic acid groups (broad SMARTS) is 1. The van der Waals surface area contributed by atoms with Crippen molar-refractivity contribution in [3.05, 3.63) is 113 Å². The van der Waals surface area contributed by atoms with Crippen molar-refractivity contribution >= 4 is 45.2 Å². The molecular formula is C29H21N5O3S. The number of rotatable bonds is 7. The van der Waals surface area contributed by atoms with Crippen LogP contribution in [0.1, 0.15) is 31.8 Å². The zero-order valence-corrected chi connectivity index (χ0v) is 20.9. The van der Waals surface area contributed by atoms with Crippen LogP contribution in [0.15, 0.2) is 90.3 Å². The van der Waals surface area contributed by atoms with E-state index in [2.05, 4.69) is 50.3 Å². The Morgan fingerprint density at radius 3 is 2.45 bits per heavy atom. The number of carbonyl (C=O) groups is 2. The predicted octanol–water partition coefficient (Wildman–Crippen LogP) is 5.38. The van der Waals surface area contributed by atoms with E-state index in [1.807, 2.05) is 35.7 Å². The summed E-state index contributed by atoms with van der Waals surface area (Å²) < 4.78 is 6.17. The van der Waals surface area contributed by atoms with Crippen molar-refractivity contribution in [2.24, 2.45) is 0 Å². The number of benzene rings is 4. The zero-order valence-electron chi connectivity index (χ0n) is 20.0. The van der Waals surface area contributed by atoms with Gasteiger partial charge >= 0.3 is 5.97 Å². The smallest absolute Gasteiger partial charge is 0.335 e. The maximum atomic E-state index is 13.5. The lowest BCUT2D eigenvalue weighted by Crippen LogP contribution is -2.24. The maximum absolute atomic E-state index is 13.5. The Hall–Kier alpha value is -4.89. The number of aromatic nitrogens is 4. The summed E-state index contributed by atoms with van der Waals surface area (Å²) in [7, 11) is 0. The molecule has 0 atom stereocenters. The minimum absolute atomic E-state index is 0.196. The largest absolute Gasteiger partial charge is 0.478 e. The number of amides is 1. The van der Waals surface area contributed by atoms with Crippen LogP contribution in [0.25, 0.3) is 33.1 Å². The minimum atomic E-state index is -0.992. The van der Waals surface area contributed by atoms with Crippen LogP contribution in [0.5, 0.6) is 0 Å². The summed E-state index contributed by atoms with van der Waals surface area (Å²) in [6.07, 6.45) is 0. The molecule has 1 amide bonds. The highest BCUT2D eigenvalue weighted by atomic mass is 32.1. The number of aromatic carboxylic acids is 1. The summed E-state index contributed by atoms with van der Waals surface area (Å²) >= 11 is 1.34. The lowest BCUT2D eigenvalue weighted by Gasteiger charge is -2.11. The number of nitrogens with zero attached hydrogens (tertiary/aromatic N) is 4.